The van der Waals surface area contributed by atoms with Crippen molar-refractivity contribution in [2.75, 3.05) is 13.1 Å². The average Bonchev–Trinajstić information content (AvgIpc) is 2.54. The molecular formula is C19H24N2O2. The number of likely N-dealkylation sites (tertiary alicyclic amines) is 1. The fraction of sp³-hybridized carbons (Fsp3) is 0.474. The number of hydrogen-bond acceptors (Lipinski definition) is 2. The summed E-state index contributed by atoms with van der Waals surface area (Å²) in [5, 5.41) is 0. The van der Waals surface area contributed by atoms with E-state index in [2.05, 4.69) is 6.92 Å². The maximum atomic E-state index is 12.8. The second kappa shape index (κ2) is 6.57. The van der Waals surface area contributed by atoms with Gasteiger partial charge in [0.25, 0.3) is 0 Å². The number of fused-ring (bicyclic) bond motifs is 1. The van der Waals surface area contributed by atoms with Crippen LogP contribution in [0.3, 0.4) is 0 Å². The Balaban J connectivity index is 1.82. The van der Waals surface area contributed by atoms with Crippen LogP contribution < -0.4 is 0 Å². The fourth-order valence-electron chi connectivity index (χ4n) is 3.62. The predicted molar refractivity (Wildman–Crippen MR) is 90.3 cm³/mol. The molecule has 4 nitrogen and oxygen atoms in total. The largest absolute Gasteiger partial charge is 0.342 e. The van der Waals surface area contributed by atoms with E-state index < -0.39 is 0 Å². The van der Waals surface area contributed by atoms with Gasteiger partial charge in [0, 0.05) is 26.2 Å². The minimum atomic E-state index is -0.196. The summed E-state index contributed by atoms with van der Waals surface area (Å²) >= 11 is 0. The normalized spacial score (nSPS) is 23.6. The van der Waals surface area contributed by atoms with E-state index in [0.717, 1.165) is 30.6 Å². The molecule has 4 heteroatoms. The number of hydrogen-bond donors (Lipinski definition) is 0. The van der Waals surface area contributed by atoms with Crippen molar-refractivity contribution in [2.45, 2.75) is 39.2 Å². The lowest BCUT2D eigenvalue weighted by molar-refractivity contribution is -0.135. The van der Waals surface area contributed by atoms with Crippen LogP contribution in [0.25, 0.3) is 6.08 Å². The zero-order valence-electron chi connectivity index (χ0n) is 13.9. The molecule has 2 atom stereocenters. The van der Waals surface area contributed by atoms with Gasteiger partial charge in [-0.3, -0.25) is 9.59 Å². The molecular weight excluding hydrogens is 288 g/mol. The Morgan fingerprint density at radius 2 is 2.04 bits per heavy atom. The molecule has 0 saturated carbocycles. The highest BCUT2D eigenvalue weighted by atomic mass is 16.2. The molecule has 2 aliphatic heterocycles. The van der Waals surface area contributed by atoms with Crippen molar-refractivity contribution in [2.24, 2.45) is 5.92 Å². The zero-order valence-corrected chi connectivity index (χ0v) is 13.9. The third-order valence-corrected chi connectivity index (χ3v) is 4.85. The van der Waals surface area contributed by atoms with E-state index in [0.29, 0.717) is 12.3 Å². The van der Waals surface area contributed by atoms with Gasteiger partial charge in [-0.05, 0) is 36.0 Å². The highest BCUT2D eigenvalue weighted by molar-refractivity contribution is 5.82. The lowest BCUT2D eigenvalue weighted by Gasteiger charge is -2.36. The Kier molecular flexibility index (Phi) is 4.51. The van der Waals surface area contributed by atoms with Gasteiger partial charge in [0.2, 0.25) is 11.8 Å². The third kappa shape index (κ3) is 3.31. The first kappa shape index (κ1) is 15.8. The summed E-state index contributed by atoms with van der Waals surface area (Å²) in [6.07, 6.45) is 6.37. The molecule has 0 aromatic heterocycles. The summed E-state index contributed by atoms with van der Waals surface area (Å²) in [7, 11) is 0. The predicted octanol–water partition coefficient (Wildman–Crippen LogP) is 3.21. The number of piperidine rings is 1. The second-order valence-corrected chi connectivity index (χ2v) is 6.68. The van der Waals surface area contributed by atoms with E-state index in [1.165, 1.54) is 6.42 Å². The summed E-state index contributed by atoms with van der Waals surface area (Å²) in [6.45, 7) is 5.43. The van der Waals surface area contributed by atoms with Gasteiger partial charge in [0.15, 0.2) is 0 Å². The van der Waals surface area contributed by atoms with Crippen LogP contribution >= 0.6 is 0 Å². The molecule has 2 unspecified atom stereocenters. The molecule has 0 spiro atoms. The number of benzene rings is 1. The zero-order chi connectivity index (χ0) is 16.4. The molecule has 2 amide bonds. The van der Waals surface area contributed by atoms with E-state index in [9.17, 15) is 9.59 Å². The van der Waals surface area contributed by atoms with E-state index in [1.54, 1.807) is 18.0 Å². The molecule has 122 valence electrons. The maximum absolute atomic E-state index is 12.8. The minimum absolute atomic E-state index is 0.0273. The van der Waals surface area contributed by atoms with Crippen LogP contribution in [0.1, 0.15) is 50.3 Å². The van der Waals surface area contributed by atoms with Crippen LogP contribution in [0.2, 0.25) is 0 Å². The SMILES string of the molecule is CC(=O)N1C=Cc2ccccc2C1CC(=O)N1CCCC(C)C1. The number of carbonyl (C=O) groups excluding carboxylic acids is 2. The van der Waals surface area contributed by atoms with Crippen LogP contribution in [-0.4, -0.2) is 34.7 Å². The molecule has 0 aliphatic carbocycles. The molecule has 0 N–H and O–H groups in total. The Hall–Kier alpha value is -2.10. The van der Waals surface area contributed by atoms with Crippen LogP contribution in [-0.2, 0) is 9.59 Å². The van der Waals surface area contributed by atoms with Crippen molar-refractivity contribution in [1.82, 2.24) is 9.80 Å². The minimum Gasteiger partial charge on any atom is -0.342 e. The lowest BCUT2D eigenvalue weighted by atomic mass is 9.92. The molecule has 0 bridgehead atoms. The topological polar surface area (TPSA) is 40.6 Å². The summed E-state index contributed by atoms with van der Waals surface area (Å²) in [6, 6.07) is 7.81. The molecule has 1 aromatic carbocycles. The molecule has 1 saturated heterocycles. The first-order valence-corrected chi connectivity index (χ1v) is 8.40. The highest BCUT2D eigenvalue weighted by Gasteiger charge is 2.30. The summed E-state index contributed by atoms with van der Waals surface area (Å²) in [4.78, 5) is 28.4. The van der Waals surface area contributed by atoms with Gasteiger partial charge in [0.05, 0.1) is 12.5 Å². The molecule has 2 heterocycles. The summed E-state index contributed by atoms with van der Waals surface area (Å²) in [5.74, 6) is 0.689. The first-order valence-electron chi connectivity index (χ1n) is 8.40. The summed E-state index contributed by atoms with van der Waals surface area (Å²) in [5.41, 5.74) is 2.15. The van der Waals surface area contributed by atoms with E-state index >= 15 is 0 Å². The van der Waals surface area contributed by atoms with Crippen LogP contribution in [0.15, 0.2) is 30.5 Å². The quantitative estimate of drug-likeness (QED) is 0.841. The lowest BCUT2D eigenvalue weighted by Crippen LogP contribution is -2.41. The highest BCUT2D eigenvalue weighted by Crippen LogP contribution is 2.33. The van der Waals surface area contributed by atoms with E-state index in [4.69, 9.17) is 0 Å². The van der Waals surface area contributed by atoms with Gasteiger partial charge in [-0.25, -0.2) is 0 Å². The van der Waals surface area contributed by atoms with Crippen molar-refractivity contribution in [1.29, 1.82) is 0 Å². The Bertz CT molecular complexity index is 638. The molecule has 1 fully saturated rings. The monoisotopic (exact) mass is 312 g/mol. The van der Waals surface area contributed by atoms with Crippen molar-refractivity contribution in [3.8, 4) is 0 Å². The summed E-state index contributed by atoms with van der Waals surface area (Å²) < 4.78 is 0. The Morgan fingerprint density at radius 1 is 1.26 bits per heavy atom. The van der Waals surface area contributed by atoms with Crippen molar-refractivity contribution in [3.05, 3.63) is 41.6 Å². The standard InChI is InChI=1S/C19H24N2O2/c1-14-6-5-10-20(13-14)19(23)12-18-17-8-4-3-7-16(17)9-11-21(18)15(2)22/h3-4,7-9,11,14,18H,5-6,10,12-13H2,1-2H3. The van der Waals surface area contributed by atoms with Gasteiger partial charge in [-0.15, -0.1) is 0 Å². The number of amides is 2. The van der Waals surface area contributed by atoms with Gasteiger partial charge in [0.1, 0.15) is 0 Å². The Morgan fingerprint density at radius 3 is 2.78 bits per heavy atom. The molecule has 23 heavy (non-hydrogen) atoms. The first-order chi connectivity index (χ1) is 11.1. The van der Waals surface area contributed by atoms with Gasteiger partial charge >= 0.3 is 0 Å². The number of rotatable bonds is 2. The van der Waals surface area contributed by atoms with E-state index in [-0.39, 0.29) is 17.9 Å². The van der Waals surface area contributed by atoms with Crippen molar-refractivity contribution >= 4 is 17.9 Å². The van der Waals surface area contributed by atoms with Gasteiger partial charge in [-0.2, -0.15) is 0 Å². The molecule has 1 aromatic rings. The number of carbonyl (C=O) groups is 2. The molecule has 3 rings (SSSR count). The van der Waals surface area contributed by atoms with Gasteiger partial charge < -0.3 is 9.80 Å². The van der Waals surface area contributed by atoms with Crippen LogP contribution in [0.5, 0.6) is 0 Å². The third-order valence-electron chi connectivity index (χ3n) is 4.85. The molecule has 0 radical (unpaired) electrons. The van der Waals surface area contributed by atoms with Gasteiger partial charge in [-0.1, -0.05) is 31.2 Å². The van der Waals surface area contributed by atoms with Crippen molar-refractivity contribution < 1.29 is 9.59 Å². The van der Waals surface area contributed by atoms with Crippen molar-refractivity contribution in [3.63, 3.8) is 0 Å². The maximum Gasteiger partial charge on any atom is 0.225 e. The number of nitrogens with zero attached hydrogens (tertiary/aromatic N) is 2. The fourth-order valence-corrected chi connectivity index (χ4v) is 3.62. The van der Waals surface area contributed by atoms with Crippen LogP contribution in [0, 0.1) is 5.92 Å². The van der Waals surface area contributed by atoms with Crippen LogP contribution in [0.4, 0.5) is 0 Å². The smallest absolute Gasteiger partial charge is 0.225 e. The molecule has 2 aliphatic rings. The Labute approximate surface area is 137 Å². The van der Waals surface area contributed by atoms with E-state index in [1.807, 2.05) is 35.2 Å². The second-order valence-electron chi connectivity index (χ2n) is 6.68. The average molecular weight is 312 g/mol.